The number of benzene rings is 3. The van der Waals surface area contributed by atoms with Gasteiger partial charge in [-0.1, -0.05) is 6.92 Å². The Kier molecular flexibility index (Phi) is 6.77. The summed E-state index contributed by atoms with van der Waals surface area (Å²) in [6.07, 6.45) is -0.290. The van der Waals surface area contributed by atoms with Gasteiger partial charge in [-0.05, 0) is 66.6 Å². The fourth-order valence-corrected chi connectivity index (χ4v) is 3.85. The summed E-state index contributed by atoms with van der Waals surface area (Å²) in [4.78, 5) is 27.2. The largest absolute Gasteiger partial charge is 0.497 e. The van der Waals surface area contributed by atoms with E-state index in [9.17, 15) is 18.4 Å². The normalized spacial score (nSPS) is 15.2. The van der Waals surface area contributed by atoms with E-state index in [2.05, 4.69) is 5.32 Å². The minimum Gasteiger partial charge on any atom is -0.497 e. The van der Waals surface area contributed by atoms with Crippen LogP contribution in [0.15, 0.2) is 60.7 Å². The third-order valence-corrected chi connectivity index (χ3v) is 5.55. The van der Waals surface area contributed by atoms with Crippen molar-refractivity contribution in [3.63, 3.8) is 0 Å². The molecular weight excluding hydrogens is 442 g/mol. The zero-order chi connectivity index (χ0) is 24.2. The van der Waals surface area contributed by atoms with Gasteiger partial charge < -0.3 is 19.7 Å². The van der Waals surface area contributed by atoms with Crippen molar-refractivity contribution in [1.29, 1.82) is 0 Å². The van der Waals surface area contributed by atoms with Crippen LogP contribution in [0.1, 0.15) is 34.8 Å². The highest BCUT2D eigenvalue weighted by Crippen LogP contribution is 2.30. The molecule has 0 saturated carbocycles. The Balaban J connectivity index is 1.58. The molecule has 0 saturated heterocycles. The second kappa shape index (κ2) is 9.91. The maximum atomic E-state index is 13.7. The number of ether oxygens (including phenoxy) is 2. The highest BCUT2D eigenvalue weighted by Gasteiger charge is 2.30. The van der Waals surface area contributed by atoms with Crippen LogP contribution in [0, 0.1) is 11.6 Å². The van der Waals surface area contributed by atoms with E-state index in [1.807, 2.05) is 6.92 Å². The Morgan fingerprint density at radius 2 is 1.79 bits per heavy atom. The number of hydrogen-bond acceptors (Lipinski definition) is 4. The minimum absolute atomic E-state index is 0.0231. The molecule has 3 aromatic rings. The van der Waals surface area contributed by atoms with E-state index >= 15 is 0 Å². The molecule has 1 unspecified atom stereocenters. The van der Waals surface area contributed by atoms with Gasteiger partial charge in [0, 0.05) is 36.0 Å². The lowest BCUT2D eigenvalue weighted by Gasteiger charge is -2.23. The number of carbonyl (C=O) groups excluding carboxylic acids is 2. The van der Waals surface area contributed by atoms with Crippen molar-refractivity contribution in [3.8, 4) is 11.5 Å². The van der Waals surface area contributed by atoms with Gasteiger partial charge in [-0.15, -0.1) is 0 Å². The summed E-state index contributed by atoms with van der Waals surface area (Å²) < 4.78 is 38.4. The Morgan fingerprint density at radius 3 is 2.44 bits per heavy atom. The van der Waals surface area contributed by atoms with Crippen LogP contribution in [0.5, 0.6) is 11.5 Å². The molecule has 0 spiro atoms. The number of nitrogens with one attached hydrogen (secondary N) is 1. The van der Waals surface area contributed by atoms with Gasteiger partial charge in [-0.25, -0.2) is 8.78 Å². The fraction of sp³-hybridized carbons (Fsp3) is 0.231. The van der Waals surface area contributed by atoms with E-state index in [1.165, 1.54) is 17.0 Å². The molecule has 1 atom stereocenters. The van der Waals surface area contributed by atoms with Gasteiger partial charge in [0.2, 0.25) is 0 Å². The molecule has 176 valence electrons. The lowest BCUT2D eigenvalue weighted by atomic mass is 10.1. The molecular formula is C26H24F2N2O4. The summed E-state index contributed by atoms with van der Waals surface area (Å²) in [5.74, 6) is -0.810. The summed E-state index contributed by atoms with van der Waals surface area (Å²) in [6, 6.07) is 15.1. The molecule has 0 fully saturated rings. The van der Waals surface area contributed by atoms with Crippen LogP contribution in [-0.4, -0.2) is 29.9 Å². The molecule has 3 aromatic carbocycles. The number of fused-ring (bicyclic) bond motifs is 1. The number of hydrogen-bond donors (Lipinski definition) is 1. The molecule has 1 aliphatic rings. The summed E-state index contributed by atoms with van der Waals surface area (Å²) in [5, 5.41) is 2.84. The monoisotopic (exact) mass is 466 g/mol. The van der Waals surface area contributed by atoms with E-state index < -0.39 is 17.7 Å². The first kappa shape index (κ1) is 23.2. The molecule has 6 nitrogen and oxygen atoms in total. The van der Waals surface area contributed by atoms with E-state index in [0.29, 0.717) is 40.3 Å². The van der Waals surface area contributed by atoms with Crippen LogP contribution >= 0.6 is 0 Å². The van der Waals surface area contributed by atoms with Crippen LogP contribution < -0.4 is 14.8 Å². The highest BCUT2D eigenvalue weighted by atomic mass is 19.1. The first-order valence-corrected chi connectivity index (χ1v) is 10.8. The maximum Gasteiger partial charge on any atom is 0.264 e. The number of rotatable bonds is 6. The Hall–Kier alpha value is -3.94. The smallest absolute Gasteiger partial charge is 0.264 e. The number of nitrogens with zero attached hydrogens (tertiary/aromatic N) is 1. The van der Waals surface area contributed by atoms with Crippen LogP contribution in [0.25, 0.3) is 0 Å². The van der Waals surface area contributed by atoms with Gasteiger partial charge >= 0.3 is 0 Å². The number of anilines is 1. The van der Waals surface area contributed by atoms with Crippen molar-refractivity contribution in [3.05, 3.63) is 89.0 Å². The predicted molar refractivity (Wildman–Crippen MR) is 123 cm³/mol. The second-order valence-electron chi connectivity index (χ2n) is 7.99. The quantitative estimate of drug-likeness (QED) is 0.560. The van der Waals surface area contributed by atoms with Gasteiger partial charge in [0.25, 0.3) is 11.8 Å². The standard InChI is InChI=1S/C26H24F2N2O4/c1-3-23-26(32)30(14-16-10-19(27)13-20(28)11-16)15-18-12-21(6-9-24(18)34-23)29-25(31)17-4-7-22(33-2)8-5-17/h4-13,23H,3,14-15H2,1-2H3,(H,29,31). The predicted octanol–water partition coefficient (Wildman–Crippen LogP) is 4.93. The average Bonchev–Trinajstić information content (AvgIpc) is 2.94. The highest BCUT2D eigenvalue weighted by molar-refractivity contribution is 6.04. The summed E-state index contributed by atoms with van der Waals surface area (Å²) in [7, 11) is 1.55. The molecule has 4 rings (SSSR count). The molecule has 2 amide bonds. The Labute approximate surface area is 196 Å². The number of amides is 2. The van der Waals surface area contributed by atoms with E-state index in [0.717, 1.165) is 6.07 Å². The fourth-order valence-electron chi connectivity index (χ4n) is 3.85. The Bertz CT molecular complexity index is 1190. The van der Waals surface area contributed by atoms with Crippen molar-refractivity contribution in [2.45, 2.75) is 32.5 Å². The van der Waals surface area contributed by atoms with Crippen molar-refractivity contribution in [2.75, 3.05) is 12.4 Å². The second-order valence-corrected chi connectivity index (χ2v) is 7.99. The molecule has 0 radical (unpaired) electrons. The molecule has 0 bridgehead atoms. The van der Waals surface area contributed by atoms with Gasteiger partial charge in [0.1, 0.15) is 23.1 Å². The van der Waals surface area contributed by atoms with E-state index in [1.54, 1.807) is 49.6 Å². The van der Waals surface area contributed by atoms with Crippen molar-refractivity contribution >= 4 is 17.5 Å². The maximum absolute atomic E-state index is 13.7. The lowest BCUT2D eigenvalue weighted by Crippen LogP contribution is -2.38. The summed E-state index contributed by atoms with van der Waals surface area (Å²) in [5.41, 5.74) is 2.01. The average molecular weight is 466 g/mol. The summed E-state index contributed by atoms with van der Waals surface area (Å²) >= 11 is 0. The summed E-state index contributed by atoms with van der Waals surface area (Å²) in [6.45, 7) is 2.02. The van der Waals surface area contributed by atoms with Crippen molar-refractivity contribution < 1.29 is 27.8 Å². The number of carbonyl (C=O) groups is 2. The van der Waals surface area contributed by atoms with Crippen molar-refractivity contribution in [1.82, 2.24) is 4.90 Å². The van der Waals surface area contributed by atoms with Crippen LogP contribution in [0.2, 0.25) is 0 Å². The van der Waals surface area contributed by atoms with Crippen LogP contribution in [0.3, 0.4) is 0 Å². The zero-order valence-corrected chi connectivity index (χ0v) is 18.8. The zero-order valence-electron chi connectivity index (χ0n) is 18.8. The van der Waals surface area contributed by atoms with Crippen LogP contribution in [-0.2, 0) is 17.9 Å². The molecule has 0 aliphatic carbocycles. The SMILES string of the molecule is CCC1Oc2ccc(NC(=O)c3ccc(OC)cc3)cc2CN(Cc2cc(F)cc(F)c2)C1=O. The molecule has 1 heterocycles. The van der Waals surface area contributed by atoms with Gasteiger partial charge in [0.15, 0.2) is 6.10 Å². The minimum atomic E-state index is -0.723. The molecule has 0 aromatic heterocycles. The third kappa shape index (κ3) is 5.17. The molecule has 1 aliphatic heterocycles. The van der Waals surface area contributed by atoms with Crippen LogP contribution in [0.4, 0.5) is 14.5 Å². The topological polar surface area (TPSA) is 67.9 Å². The first-order chi connectivity index (χ1) is 16.4. The van der Waals surface area contributed by atoms with Gasteiger partial charge in [0.05, 0.1) is 7.11 Å². The van der Waals surface area contributed by atoms with Gasteiger partial charge in [-0.3, -0.25) is 9.59 Å². The number of halogens is 2. The molecule has 34 heavy (non-hydrogen) atoms. The number of methoxy groups -OCH3 is 1. The lowest BCUT2D eigenvalue weighted by molar-refractivity contribution is -0.139. The molecule has 1 N–H and O–H groups in total. The third-order valence-electron chi connectivity index (χ3n) is 5.55. The van der Waals surface area contributed by atoms with E-state index in [4.69, 9.17) is 9.47 Å². The first-order valence-electron chi connectivity index (χ1n) is 10.8. The van der Waals surface area contributed by atoms with Crippen molar-refractivity contribution in [2.24, 2.45) is 0 Å². The van der Waals surface area contributed by atoms with E-state index in [-0.39, 0.29) is 24.9 Å². The Morgan fingerprint density at radius 1 is 1.09 bits per heavy atom. The molecule has 8 heteroatoms. The van der Waals surface area contributed by atoms with Gasteiger partial charge in [-0.2, -0.15) is 0 Å².